The molecule has 0 aliphatic rings. The van der Waals surface area contributed by atoms with Gasteiger partial charge >= 0.3 is 0 Å². The fourth-order valence-corrected chi connectivity index (χ4v) is 5.06. The summed E-state index contributed by atoms with van der Waals surface area (Å²) in [6.45, 7) is 0.239. The molecule has 4 aromatic rings. The summed E-state index contributed by atoms with van der Waals surface area (Å²) >= 11 is 8.09. The van der Waals surface area contributed by atoms with E-state index >= 15 is 0 Å². The zero-order valence-electron chi connectivity index (χ0n) is 22.0. The normalized spacial score (nSPS) is 10.6. The van der Waals surface area contributed by atoms with E-state index in [1.165, 1.54) is 6.07 Å². The number of halogens is 1. The van der Waals surface area contributed by atoms with Crippen molar-refractivity contribution in [3.05, 3.63) is 124 Å². The van der Waals surface area contributed by atoms with Crippen molar-refractivity contribution in [2.75, 3.05) is 10.9 Å². The predicted octanol–water partition coefficient (Wildman–Crippen LogP) is 4.67. The lowest BCUT2D eigenvalue weighted by molar-refractivity contribution is -0.119. The zero-order chi connectivity index (χ0) is 29.2. The molecule has 0 fully saturated rings. The van der Waals surface area contributed by atoms with Gasteiger partial charge in [-0.15, -0.1) is 0 Å². The number of ether oxygens (including phenoxy) is 1. The molecule has 2 amide bonds. The molecule has 1 aromatic heterocycles. The number of primary amides is 1. The van der Waals surface area contributed by atoms with Crippen molar-refractivity contribution in [2.45, 2.75) is 18.8 Å². The second kappa shape index (κ2) is 14.2. The molecule has 6 N–H and O–H groups in total. The fourth-order valence-electron chi connectivity index (χ4n) is 3.86. The average molecular weight is 589 g/mol. The van der Waals surface area contributed by atoms with Crippen LogP contribution in [0.25, 0.3) is 0 Å². The van der Waals surface area contributed by atoms with E-state index < -0.39 is 5.91 Å². The minimum atomic E-state index is -0.653. The van der Waals surface area contributed by atoms with E-state index in [0.29, 0.717) is 39.8 Å². The van der Waals surface area contributed by atoms with Crippen LogP contribution in [0.1, 0.15) is 32.7 Å². The lowest BCUT2D eigenvalue weighted by Crippen LogP contribution is -2.25. The Hall–Kier alpha value is -4.54. The molecule has 3 aromatic carbocycles. The summed E-state index contributed by atoms with van der Waals surface area (Å²) in [4.78, 5) is 29.0. The number of nitrogens with one attached hydrogen (secondary N) is 2. The van der Waals surface area contributed by atoms with Gasteiger partial charge in [0.25, 0.3) is 11.8 Å². The number of nitrogen functional groups attached to an aromatic ring is 1. The van der Waals surface area contributed by atoms with Gasteiger partial charge in [-0.25, -0.2) is 0 Å². The van der Waals surface area contributed by atoms with Crippen molar-refractivity contribution in [2.24, 2.45) is 11.5 Å². The van der Waals surface area contributed by atoms with E-state index in [0.717, 1.165) is 16.9 Å². The first-order valence-corrected chi connectivity index (χ1v) is 13.9. The van der Waals surface area contributed by atoms with E-state index in [2.05, 4.69) is 26.7 Å². The summed E-state index contributed by atoms with van der Waals surface area (Å²) in [6.07, 6.45) is 1.75. The molecule has 11 heteroatoms. The van der Waals surface area contributed by atoms with E-state index in [-0.39, 0.29) is 24.9 Å². The van der Waals surface area contributed by atoms with Crippen LogP contribution in [-0.4, -0.2) is 29.2 Å². The van der Waals surface area contributed by atoms with Gasteiger partial charge in [0.05, 0.1) is 12.2 Å². The average Bonchev–Trinajstić information content (AvgIpc) is 2.97. The van der Waals surface area contributed by atoms with Crippen molar-refractivity contribution in [3.63, 3.8) is 0 Å². The number of carbonyl (C=O) groups excluding carboxylic acids is 2. The van der Waals surface area contributed by atoms with Crippen molar-refractivity contribution >= 4 is 46.9 Å². The maximum absolute atomic E-state index is 13.3. The number of hydrogen-bond acceptors (Lipinski definition) is 7. The summed E-state index contributed by atoms with van der Waals surface area (Å²) in [6, 6.07) is 25.9. The van der Waals surface area contributed by atoms with Crippen LogP contribution in [0.2, 0.25) is 5.02 Å². The molecule has 1 heterocycles. The van der Waals surface area contributed by atoms with Crippen LogP contribution in [0.3, 0.4) is 0 Å². The summed E-state index contributed by atoms with van der Waals surface area (Å²) in [5, 5.41) is 11.0. The van der Waals surface area contributed by atoms with Gasteiger partial charge in [0.1, 0.15) is 11.6 Å². The molecule has 0 spiro atoms. The van der Waals surface area contributed by atoms with Gasteiger partial charge in [-0.2, -0.15) is 0 Å². The quantitative estimate of drug-likeness (QED) is 0.101. The number of nitrogens with zero attached hydrogens (tertiary/aromatic N) is 2. The number of rotatable bonds is 13. The van der Waals surface area contributed by atoms with Gasteiger partial charge in [0, 0.05) is 45.9 Å². The number of amidine groups is 1. The second-order valence-electron chi connectivity index (χ2n) is 8.99. The Balaban J connectivity index is 1.54. The van der Waals surface area contributed by atoms with Gasteiger partial charge in [-0.05, 0) is 53.9 Å². The zero-order valence-corrected chi connectivity index (χ0v) is 23.6. The van der Waals surface area contributed by atoms with Gasteiger partial charge in [0.2, 0.25) is 0 Å². The first-order chi connectivity index (χ1) is 19.8. The minimum absolute atomic E-state index is 0.0906. The number of pyridine rings is 1. The smallest absolute Gasteiger partial charge is 0.255 e. The van der Waals surface area contributed by atoms with Crippen molar-refractivity contribution in [1.82, 2.24) is 10.3 Å². The fraction of sp³-hybridized carbons (Fsp3) is 0.133. The van der Waals surface area contributed by atoms with Crippen LogP contribution in [0.5, 0.6) is 5.75 Å². The maximum atomic E-state index is 13.3. The molecule has 9 nitrogen and oxygen atoms in total. The highest BCUT2D eigenvalue weighted by atomic mass is 35.5. The first-order valence-electron chi connectivity index (χ1n) is 12.6. The molecule has 0 saturated heterocycles. The SMILES string of the molecule is N=C(N)c1ccc(CNC(=O)c2cc(Cl)cc(N(Cc3ccccn3)SCc3ccccc3)c2)c(OCC(N)=O)c1. The Morgan fingerprint density at radius 2 is 1.76 bits per heavy atom. The molecular weight excluding hydrogens is 560 g/mol. The van der Waals surface area contributed by atoms with Crippen LogP contribution < -0.4 is 25.8 Å². The van der Waals surface area contributed by atoms with Crippen LogP contribution in [0.4, 0.5) is 5.69 Å². The van der Waals surface area contributed by atoms with E-state index in [1.54, 1.807) is 42.4 Å². The first kappa shape index (κ1) is 29.4. The number of nitrogens with two attached hydrogens (primary N) is 2. The molecule has 0 radical (unpaired) electrons. The molecule has 0 unspecified atom stereocenters. The monoisotopic (exact) mass is 588 g/mol. The van der Waals surface area contributed by atoms with Crippen molar-refractivity contribution < 1.29 is 14.3 Å². The topological polar surface area (TPSA) is 147 Å². The van der Waals surface area contributed by atoms with Crippen molar-refractivity contribution in [3.8, 4) is 5.75 Å². The van der Waals surface area contributed by atoms with E-state index in [9.17, 15) is 9.59 Å². The lowest BCUT2D eigenvalue weighted by Gasteiger charge is -2.24. The lowest BCUT2D eigenvalue weighted by atomic mass is 10.1. The summed E-state index contributed by atoms with van der Waals surface area (Å²) in [5.41, 5.74) is 15.0. The van der Waals surface area contributed by atoms with Crippen molar-refractivity contribution in [1.29, 1.82) is 5.41 Å². The largest absolute Gasteiger partial charge is 0.483 e. The number of anilines is 1. The van der Waals surface area contributed by atoms with Crippen LogP contribution in [-0.2, 0) is 23.6 Å². The number of aromatic nitrogens is 1. The third-order valence-corrected chi connectivity index (χ3v) is 7.21. The summed E-state index contributed by atoms with van der Waals surface area (Å²) in [5.74, 6) is -0.151. The van der Waals surface area contributed by atoms with Gasteiger partial charge < -0.3 is 25.8 Å². The third kappa shape index (κ3) is 8.72. The molecule has 4 rings (SSSR count). The molecule has 0 atom stereocenters. The molecule has 0 saturated carbocycles. The summed E-state index contributed by atoms with van der Waals surface area (Å²) in [7, 11) is 0. The number of benzene rings is 3. The Morgan fingerprint density at radius 3 is 2.46 bits per heavy atom. The molecule has 0 aliphatic carbocycles. The van der Waals surface area contributed by atoms with Gasteiger partial charge in [-0.3, -0.25) is 20.0 Å². The number of carbonyl (C=O) groups is 2. The van der Waals surface area contributed by atoms with Gasteiger partial charge in [0.15, 0.2) is 6.61 Å². The van der Waals surface area contributed by atoms with E-state index in [1.807, 2.05) is 42.5 Å². The Morgan fingerprint density at radius 1 is 0.976 bits per heavy atom. The highest BCUT2D eigenvalue weighted by molar-refractivity contribution is 7.99. The van der Waals surface area contributed by atoms with Crippen LogP contribution in [0, 0.1) is 5.41 Å². The standard InChI is InChI=1S/C30H29ClN6O3S/c31-24-12-23(30(39)36-16-22-10-9-21(29(33)34)14-27(22)40-18-28(32)38)13-26(15-24)37(17-25-8-4-5-11-35-25)41-19-20-6-2-1-3-7-20/h1-15H,16-19H2,(H2,32,38)(H3,33,34)(H,36,39). The highest BCUT2D eigenvalue weighted by Crippen LogP contribution is 2.31. The third-order valence-electron chi connectivity index (χ3n) is 5.88. The Kier molecular flexibility index (Phi) is 10.2. The molecule has 210 valence electrons. The molecule has 0 aliphatic heterocycles. The van der Waals surface area contributed by atoms with E-state index in [4.69, 9.17) is 33.2 Å². The second-order valence-corrected chi connectivity index (χ2v) is 10.4. The Labute approximate surface area is 247 Å². The number of amides is 2. The van der Waals surface area contributed by atoms with Gasteiger partial charge in [-0.1, -0.05) is 60.1 Å². The molecule has 0 bridgehead atoms. The van der Waals surface area contributed by atoms with Crippen LogP contribution in [0.15, 0.2) is 91.1 Å². The minimum Gasteiger partial charge on any atom is -0.483 e. The maximum Gasteiger partial charge on any atom is 0.255 e. The molecular formula is C30H29ClN6O3S. The highest BCUT2D eigenvalue weighted by Gasteiger charge is 2.16. The van der Waals surface area contributed by atoms with Crippen LogP contribution >= 0.6 is 23.5 Å². The molecule has 41 heavy (non-hydrogen) atoms. The Bertz CT molecular complexity index is 1520. The number of hydrogen-bond donors (Lipinski definition) is 4. The summed E-state index contributed by atoms with van der Waals surface area (Å²) < 4.78 is 7.57. The predicted molar refractivity (Wildman–Crippen MR) is 163 cm³/mol.